The van der Waals surface area contributed by atoms with E-state index in [0.717, 1.165) is 30.3 Å². The Morgan fingerprint density at radius 3 is 2.73 bits per heavy atom. The number of nitrogens with one attached hydrogen (secondary N) is 1. The zero-order chi connectivity index (χ0) is 15.9. The van der Waals surface area contributed by atoms with Crippen molar-refractivity contribution in [2.75, 3.05) is 13.1 Å². The first kappa shape index (κ1) is 16.9. The molecule has 0 saturated heterocycles. The van der Waals surface area contributed by atoms with Gasteiger partial charge in [0.05, 0.1) is 22.8 Å². The third-order valence-electron chi connectivity index (χ3n) is 3.40. The van der Waals surface area contributed by atoms with Crippen LogP contribution in [-0.4, -0.2) is 28.9 Å². The molecule has 6 heteroatoms. The van der Waals surface area contributed by atoms with E-state index in [0.29, 0.717) is 17.1 Å². The van der Waals surface area contributed by atoms with Gasteiger partial charge in [-0.2, -0.15) is 0 Å². The largest absolute Gasteiger partial charge is 0.345 e. The molecule has 1 aromatic heterocycles. The molecule has 0 fully saturated rings. The highest BCUT2D eigenvalue weighted by molar-refractivity contribution is 7.09. The fourth-order valence-electron chi connectivity index (χ4n) is 2.08. The summed E-state index contributed by atoms with van der Waals surface area (Å²) in [4.78, 5) is 19.0. The summed E-state index contributed by atoms with van der Waals surface area (Å²) in [5, 5.41) is 6.28. The van der Waals surface area contributed by atoms with E-state index in [4.69, 9.17) is 11.6 Å². The third-order valence-corrected chi connectivity index (χ3v) is 4.63. The fourth-order valence-corrected chi connectivity index (χ4v) is 3.02. The minimum absolute atomic E-state index is 0.175. The molecule has 4 nitrogen and oxygen atoms in total. The quantitative estimate of drug-likeness (QED) is 0.840. The van der Waals surface area contributed by atoms with Crippen LogP contribution >= 0.6 is 22.9 Å². The number of hydrogen-bond donors (Lipinski definition) is 1. The number of nitrogens with zero attached hydrogens (tertiary/aromatic N) is 2. The van der Waals surface area contributed by atoms with Crippen molar-refractivity contribution in [3.05, 3.63) is 50.9 Å². The minimum Gasteiger partial charge on any atom is -0.345 e. The molecule has 2 aromatic rings. The third kappa shape index (κ3) is 4.53. The second kappa shape index (κ2) is 8.27. The van der Waals surface area contributed by atoms with Gasteiger partial charge >= 0.3 is 0 Å². The molecule has 0 aliphatic rings. The lowest BCUT2D eigenvalue weighted by atomic mass is 10.2. The van der Waals surface area contributed by atoms with Crippen LogP contribution in [0.2, 0.25) is 5.02 Å². The highest BCUT2D eigenvalue weighted by Crippen LogP contribution is 2.15. The lowest BCUT2D eigenvalue weighted by Crippen LogP contribution is -2.23. The summed E-state index contributed by atoms with van der Waals surface area (Å²) in [6.07, 6.45) is 0. The summed E-state index contributed by atoms with van der Waals surface area (Å²) >= 11 is 7.58. The standard InChI is InChI=1S/C16H20ClN3OS/c1-3-20(4-2)10-12-11-22-15(19-12)9-18-16(21)13-7-5-6-8-14(13)17/h5-8,11H,3-4,9-10H2,1-2H3,(H,18,21). The number of hydrogen-bond acceptors (Lipinski definition) is 4. The van der Waals surface area contributed by atoms with Gasteiger partial charge in [0.15, 0.2) is 0 Å². The number of rotatable bonds is 7. The van der Waals surface area contributed by atoms with Crippen LogP contribution in [0.1, 0.15) is 34.9 Å². The van der Waals surface area contributed by atoms with Crippen LogP contribution in [0.15, 0.2) is 29.6 Å². The first-order valence-corrected chi connectivity index (χ1v) is 8.58. The van der Waals surface area contributed by atoms with Gasteiger partial charge in [0.1, 0.15) is 5.01 Å². The van der Waals surface area contributed by atoms with Crippen molar-refractivity contribution in [1.82, 2.24) is 15.2 Å². The van der Waals surface area contributed by atoms with E-state index in [1.165, 1.54) is 0 Å². The molecule has 0 spiro atoms. The van der Waals surface area contributed by atoms with Gasteiger partial charge in [-0.15, -0.1) is 11.3 Å². The summed E-state index contributed by atoms with van der Waals surface area (Å²) in [6.45, 7) is 7.56. The summed E-state index contributed by atoms with van der Waals surface area (Å²) < 4.78 is 0. The van der Waals surface area contributed by atoms with E-state index in [1.807, 2.05) is 0 Å². The van der Waals surface area contributed by atoms with Crippen LogP contribution in [0, 0.1) is 0 Å². The molecule has 0 bridgehead atoms. The maximum absolute atomic E-state index is 12.1. The number of benzene rings is 1. The lowest BCUT2D eigenvalue weighted by Gasteiger charge is -2.15. The minimum atomic E-state index is -0.175. The van der Waals surface area contributed by atoms with Gasteiger partial charge in [0.25, 0.3) is 5.91 Å². The topological polar surface area (TPSA) is 45.2 Å². The Hall–Kier alpha value is -1.43. The lowest BCUT2D eigenvalue weighted by molar-refractivity contribution is 0.0951. The van der Waals surface area contributed by atoms with Gasteiger partial charge in [0.2, 0.25) is 0 Å². The Morgan fingerprint density at radius 2 is 2.05 bits per heavy atom. The van der Waals surface area contributed by atoms with Gasteiger partial charge < -0.3 is 5.32 Å². The van der Waals surface area contributed by atoms with Crippen LogP contribution < -0.4 is 5.32 Å². The highest BCUT2D eigenvalue weighted by atomic mass is 35.5. The average Bonchev–Trinajstić information content (AvgIpc) is 2.98. The highest BCUT2D eigenvalue weighted by Gasteiger charge is 2.11. The molecule has 0 aliphatic carbocycles. The van der Waals surface area contributed by atoms with E-state index >= 15 is 0 Å². The van der Waals surface area contributed by atoms with E-state index in [9.17, 15) is 4.79 Å². The van der Waals surface area contributed by atoms with E-state index in [2.05, 4.69) is 34.4 Å². The zero-order valence-corrected chi connectivity index (χ0v) is 14.4. The Balaban J connectivity index is 1.91. The molecule has 1 aromatic carbocycles. The van der Waals surface area contributed by atoms with Gasteiger partial charge in [-0.3, -0.25) is 9.69 Å². The monoisotopic (exact) mass is 337 g/mol. The second-order valence-electron chi connectivity index (χ2n) is 4.86. The molecular formula is C16H20ClN3OS. The summed E-state index contributed by atoms with van der Waals surface area (Å²) in [7, 11) is 0. The smallest absolute Gasteiger partial charge is 0.253 e. The van der Waals surface area contributed by atoms with Gasteiger partial charge in [-0.05, 0) is 25.2 Å². The number of halogens is 1. The predicted molar refractivity (Wildman–Crippen MR) is 91.4 cm³/mol. The molecular weight excluding hydrogens is 318 g/mol. The van der Waals surface area contributed by atoms with Crippen molar-refractivity contribution in [1.29, 1.82) is 0 Å². The molecule has 0 unspecified atom stereocenters. The summed E-state index contributed by atoms with van der Waals surface area (Å²) in [5.74, 6) is -0.175. The van der Waals surface area contributed by atoms with Gasteiger partial charge in [-0.1, -0.05) is 37.6 Å². The van der Waals surface area contributed by atoms with Gasteiger partial charge in [-0.25, -0.2) is 4.98 Å². The first-order valence-electron chi connectivity index (χ1n) is 7.32. The van der Waals surface area contributed by atoms with Crippen molar-refractivity contribution in [2.45, 2.75) is 26.9 Å². The molecule has 0 aliphatic heterocycles. The number of aromatic nitrogens is 1. The first-order chi connectivity index (χ1) is 10.6. The number of carbonyl (C=O) groups is 1. The van der Waals surface area contributed by atoms with Crippen LogP contribution in [0.25, 0.3) is 0 Å². The Kier molecular flexibility index (Phi) is 6.36. The molecule has 118 valence electrons. The van der Waals surface area contributed by atoms with Crippen LogP contribution in [0.4, 0.5) is 0 Å². The Bertz CT molecular complexity index is 625. The maximum atomic E-state index is 12.1. The molecule has 0 atom stereocenters. The number of amides is 1. The Morgan fingerprint density at radius 1 is 1.32 bits per heavy atom. The number of thiazole rings is 1. The predicted octanol–water partition coefficient (Wildman–Crippen LogP) is 3.57. The van der Waals surface area contributed by atoms with Crippen molar-refractivity contribution in [3.63, 3.8) is 0 Å². The van der Waals surface area contributed by atoms with Crippen LogP contribution in [0.3, 0.4) is 0 Å². The van der Waals surface area contributed by atoms with E-state index in [1.54, 1.807) is 35.6 Å². The van der Waals surface area contributed by atoms with Crippen molar-refractivity contribution in [2.24, 2.45) is 0 Å². The fraction of sp³-hybridized carbons (Fsp3) is 0.375. The molecule has 0 radical (unpaired) electrons. The second-order valence-corrected chi connectivity index (χ2v) is 6.21. The maximum Gasteiger partial charge on any atom is 0.253 e. The van der Waals surface area contributed by atoms with Crippen LogP contribution in [-0.2, 0) is 13.1 Å². The van der Waals surface area contributed by atoms with Crippen molar-refractivity contribution in [3.8, 4) is 0 Å². The average molecular weight is 338 g/mol. The van der Waals surface area contributed by atoms with E-state index in [-0.39, 0.29) is 5.91 Å². The van der Waals surface area contributed by atoms with Crippen LogP contribution in [0.5, 0.6) is 0 Å². The summed E-state index contributed by atoms with van der Waals surface area (Å²) in [6, 6.07) is 7.03. The van der Waals surface area contributed by atoms with E-state index < -0.39 is 0 Å². The van der Waals surface area contributed by atoms with Crippen molar-refractivity contribution < 1.29 is 4.79 Å². The summed E-state index contributed by atoms with van der Waals surface area (Å²) in [5.41, 5.74) is 1.54. The Labute approximate surface area is 140 Å². The molecule has 1 amide bonds. The molecule has 1 heterocycles. The normalized spacial score (nSPS) is 10.9. The molecule has 0 saturated carbocycles. The van der Waals surface area contributed by atoms with Crippen molar-refractivity contribution >= 4 is 28.8 Å². The zero-order valence-electron chi connectivity index (χ0n) is 12.8. The molecule has 2 rings (SSSR count). The molecule has 1 N–H and O–H groups in total. The SMILES string of the molecule is CCN(CC)Cc1csc(CNC(=O)c2ccccc2Cl)n1. The van der Waals surface area contributed by atoms with Gasteiger partial charge in [0, 0.05) is 11.9 Å². The molecule has 22 heavy (non-hydrogen) atoms. The number of carbonyl (C=O) groups excluding carboxylic acids is 1.